The van der Waals surface area contributed by atoms with E-state index in [9.17, 15) is 9.59 Å². The number of benzene rings is 2. The Kier molecular flexibility index (Phi) is 4.89. The Morgan fingerprint density at radius 2 is 1.76 bits per heavy atom. The van der Waals surface area contributed by atoms with E-state index in [-0.39, 0.29) is 11.8 Å². The lowest BCUT2D eigenvalue weighted by atomic mass is 10.1. The molecule has 3 N–H and O–H groups in total. The smallest absolute Gasteiger partial charge is 0.258 e. The highest BCUT2D eigenvalue weighted by Gasteiger charge is 2.10. The van der Waals surface area contributed by atoms with E-state index in [4.69, 9.17) is 5.73 Å². The number of nitrogens with one attached hydrogen (secondary N) is 1. The molecular weight excluding hydrogens is 316 g/mol. The summed E-state index contributed by atoms with van der Waals surface area (Å²) in [6.45, 7) is 0. The van der Waals surface area contributed by atoms with Crippen LogP contribution < -0.4 is 11.1 Å². The highest BCUT2D eigenvalue weighted by Crippen LogP contribution is 2.13. The Hall–Kier alpha value is -3.41. The lowest BCUT2D eigenvalue weighted by molar-refractivity contribution is -0.117. The molecule has 0 aliphatic carbocycles. The van der Waals surface area contributed by atoms with Gasteiger partial charge in [-0.3, -0.25) is 9.59 Å². The normalized spacial score (nSPS) is 10.4. The quantitative estimate of drug-likeness (QED) is 0.726. The summed E-state index contributed by atoms with van der Waals surface area (Å²) in [6.07, 6.45) is 4.12. The van der Waals surface area contributed by atoms with Gasteiger partial charge < -0.3 is 11.1 Å². The molecule has 0 unspecified atom stereocenters. The highest BCUT2D eigenvalue weighted by atomic mass is 16.2. The second kappa shape index (κ2) is 7.44. The molecule has 0 fully saturated rings. The molecule has 6 heteroatoms. The Morgan fingerprint density at radius 3 is 2.44 bits per heavy atom. The van der Waals surface area contributed by atoms with E-state index in [1.165, 1.54) is 6.20 Å². The monoisotopic (exact) mass is 334 g/mol. The number of para-hydroxylation sites is 1. The number of hydrogen-bond acceptors (Lipinski definition) is 3. The molecule has 25 heavy (non-hydrogen) atoms. The fourth-order valence-electron chi connectivity index (χ4n) is 2.39. The molecule has 0 saturated heterocycles. The maximum Gasteiger partial charge on any atom is 0.258 e. The summed E-state index contributed by atoms with van der Waals surface area (Å²) in [6, 6.07) is 16.9. The molecule has 0 atom stereocenters. The number of rotatable bonds is 6. The topological polar surface area (TPSA) is 90.0 Å². The third-order valence-electron chi connectivity index (χ3n) is 3.74. The zero-order valence-electron chi connectivity index (χ0n) is 13.6. The van der Waals surface area contributed by atoms with E-state index in [0.29, 0.717) is 24.1 Å². The molecule has 2 amide bonds. The fourth-order valence-corrected chi connectivity index (χ4v) is 2.39. The number of primary amides is 1. The van der Waals surface area contributed by atoms with Gasteiger partial charge in [0.25, 0.3) is 5.91 Å². The van der Waals surface area contributed by atoms with Gasteiger partial charge in [-0.1, -0.05) is 30.3 Å². The molecule has 3 aromatic rings. The number of hydrogen-bond donors (Lipinski definition) is 2. The maximum atomic E-state index is 12.3. The van der Waals surface area contributed by atoms with Crippen LogP contribution in [0.25, 0.3) is 5.69 Å². The van der Waals surface area contributed by atoms with Crippen LogP contribution in [0.3, 0.4) is 0 Å². The van der Waals surface area contributed by atoms with E-state index in [2.05, 4.69) is 10.4 Å². The zero-order valence-corrected chi connectivity index (χ0v) is 13.6. The van der Waals surface area contributed by atoms with Gasteiger partial charge in [-0.05, 0) is 36.2 Å². The predicted molar refractivity (Wildman–Crippen MR) is 95.5 cm³/mol. The minimum absolute atomic E-state index is 0.230. The fraction of sp³-hybridized carbons (Fsp3) is 0.105. The summed E-state index contributed by atoms with van der Waals surface area (Å²) in [5.74, 6) is -0.556. The number of amides is 2. The van der Waals surface area contributed by atoms with Crippen LogP contribution in [0, 0.1) is 0 Å². The average Bonchev–Trinajstić information content (AvgIpc) is 3.12. The SMILES string of the molecule is NC(=O)CCc1ccc(NC(=O)c2cnn(-c3ccccc3)c2)cc1. The molecule has 0 aliphatic rings. The van der Waals surface area contributed by atoms with Crippen LogP contribution in [-0.2, 0) is 11.2 Å². The molecule has 126 valence electrons. The van der Waals surface area contributed by atoms with Crippen molar-refractivity contribution in [3.63, 3.8) is 0 Å². The Bertz CT molecular complexity index is 870. The molecule has 3 rings (SSSR count). The first-order chi connectivity index (χ1) is 12.1. The Labute approximate surface area is 145 Å². The second-order valence-corrected chi connectivity index (χ2v) is 5.63. The number of nitrogens with two attached hydrogens (primary N) is 1. The third kappa shape index (κ3) is 4.32. The van der Waals surface area contributed by atoms with Crippen molar-refractivity contribution >= 4 is 17.5 Å². The molecular formula is C19H18N4O2. The zero-order chi connectivity index (χ0) is 17.6. The van der Waals surface area contributed by atoms with E-state index in [1.54, 1.807) is 23.0 Å². The van der Waals surface area contributed by atoms with Crippen LogP contribution in [0.2, 0.25) is 0 Å². The summed E-state index contributed by atoms with van der Waals surface area (Å²) in [5.41, 5.74) is 8.18. The summed E-state index contributed by atoms with van der Waals surface area (Å²) < 4.78 is 1.65. The van der Waals surface area contributed by atoms with Crippen molar-refractivity contribution in [1.29, 1.82) is 0 Å². The van der Waals surface area contributed by atoms with Gasteiger partial charge in [0.1, 0.15) is 0 Å². The van der Waals surface area contributed by atoms with Gasteiger partial charge in [-0.15, -0.1) is 0 Å². The number of aryl methyl sites for hydroxylation is 1. The number of anilines is 1. The minimum atomic E-state index is -0.326. The molecule has 0 aliphatic heterocycles. The molecule has 2 aromatic carbocycles. The average molecular weight is 334 g/mol. The van der Waals surface area contributed by atoms with Crippen LogP contribution in [0.5, 0.6) is 0 Å². The molecule has 1 aromatic heterocycles. The summed E-state index contributed by atoms with van der Waals surface area (Å²) >= 11 is 0. The van der Waals surface area contributed by atoms with Gasteiger partial charge in [-0.25, -0.2) is 4.68 Å². The van der Waals surface area contributed by atoms with Crippen molar-refractivity contribution in [3.8, 4) is 5.69 Å². The van der Waals surface area contributed by atoms with Crippen LogP contribution in [-0.4, -0.2) is 21.6 Å². The van der Waals surface area contributed by atoms with E-state index < -0.39 is 0 Å². The van der Waals surface area contributed by atoms with Crippen LogP contribution in [0.4, 0.5) is 5.69 Å². The lowest BCUT2D eigenvalue weighted by Crippen LogP contribution is -2.12. The Balaban J connectivity index is 1.64. The standard InChI is InChI=1S/C19H18N4O2/c20-18(24)11-8-14-6-9-16(10-7-14)22-19(25)15-12-21-23(13-15)17-4-2-1-3-5-17/h1-7,9-10,12-13H,8,11H2,(H2,20,24)(H,22,25). The number of nitrogens with zero attached hydrogens (tertiary/aromatic N) is 2. The van der Waals surface area contributed by atoms with Crippen LogP contribution in [0.1, 0.15) is 22.3 Å². The first-order valence-corrected chi connectivity index (χ1v) is 7.90. The number of carbonyl (C=O) groups is 2. The van der Waals surface area contributed by atoms with Crippen molar-refractivity contribution in [1.82, 2.24) is 9.78 Å². The number of carbonyl (C=O) groups excluding carboxylic acids is 2. The molecule has 0 saturated carbocycles. The van der Waals surface area contributed by atoms with E-state index >= 15 is 0 Å². The van der Waals surface area contributed by atoms with Gasteiger partial charge in [0.15, 0.2) is 0 Å². The lowest BCUT2D eigenvalue weighted by Gasteiger charge is -2.05. The number of aromatic nitrogens is 2. The third-order valence-corrected chi connectivity index (χ3v) is 3.74. The molecule has 0 radical (unpaired) electrons. The maximum absolute atomic E-state index is 12.3. The van der Waals surface area contributed by atoms with Gasteiger partial charge in [0.05, 0.1) is 17.4 Å². The van der Waals surface area contributed by atoms with Gasteiger partial charge in [0.2, 0.25) is 5.91 Å². The second-order valence-electron chi connectivity index (χ2n) is 5.63. The first-order valence-electron chi connectivity index (χ1n) is 7.90. The van der Waals surface area contributed by atoms with Crippen LogP contribution >= 0.6 is 0 Å². The van der Waals surface area contributed by atoms with Crippen molar-refractivity contribution in [2.45, 2.75) is 12.8 Å². The van der Waals surface area contributed by atoms with Crippen molar-refractivity contribution < 1.29 is 9.59 Å². The van der Waals surface area contributed by atoms with Gasteiger partial charge in [0, 0.05) is 18.3 Å². The van der Waals surface area contributed by atoms with Crippen molar-refractivity contribution in [3.05, 3.63) is 78.1 Å². The van der Waals surface area contributed by atoms with E-state index in [0.717, 1.165) is 11.3 Å². The minimum Gasteiger partial charge on any atom is -0.370 e. The molecule has 6 nitrogen and oxygen atoms in total. The predicted octanol–water partition coefficient (Wildman–Crippen LogP) is 2.54. The van der Waals surface area contributed by atoms with Crippen LogP contribution in [0.15, 0.2) is 67.0 Å². The molecule has 1 heterocycles. The van der Waals surface area contributed by atoms with Gasteiger partial charge >= 0.3 is 0 Å². The summed E-state index contributed by atoms with van der Waals surface area (Å²) in [4.78, 5) is 23.1. The molecule has 0 spiro atoms. The highest BCUT2D eigenvalue weighted by molar-refractivity contribution is 6.04. The van der Waals surface area contributed by atoms with E-state index in [1.807, 2.05) is 42.5 Å². The van der Waals surface area contributed by atoms with Gasteiger partial charge in [-0.2, -0.15) is 5.10 Å². The van der Waals surface area contributed by atoms with Crippen molar-refractivity contribution in [2.75, 3.05) is 5.32 Å². The Morgan fingerprint density at radius 1 is 1.04 bits per heavy atom. The van der Waals surface area contributed by atoms with Crippen molar-refractivity contribution in [2.24, 2.45) is 5.73 Å². The first kappa shape index (κ1) is 16.4. The summed E-state index contributed by atoms with van der Waals surface area (Å²) in [7, 11) is 0. The summed E-state index contributed by atoms with van der Waals surface area (Å²) in [5, 5.41) is 7.05. The molecule has 0 bridgehead atoms. The largest absolute Gasteiger partial charge is 0.370 e.